The number of carbonyl (C=O) groups is 1. The van der Waals surface area contributed by atoms with E-state index in [2.05, 4.69) is 22.0 Å². The lowest BCUT2D eigenvalue weighted by molar-refractivity contribution is -0.0979. The van der Waals surface area contributed by atoms with Crippen molar-refractivity contribution in [1.82, 2.24) is 16.0 Å². The minimum absolute atomic E-state index is 0.476. The Morgan fingerprint density at radius 1 is 1.23 bits per heavy atom. The first-order valence-corrected chi connectivity index (χ1v) is 7.77. The van der Waals surface area contributed by atoms with Gasteiger partial charge in [0, 0.05) is 37.1 Å². The number of halogens is 1. The molecule has 0 aromatic heterocycles. The number of nitrogens with one attached hydrogen (secondary N) is 3. The van der Waals surface area contributed by atoms with Crippen LogP contribution >= 0.6 is 11.6 Å². The van der Waals surface area contributed by atoms with Crippen molar-refractivity contribution in [3.05, 3.63) is 34.9 Å². The molecule has 5 nitrogen and oxygen atoms in total. The first-order valence-electron chi connectivity index (χ1n) is 7.40. The van der Waals surface area contributed by atoms with Gasteiger partial charge in [-0.2, -0.15) is 0 Å². The van der Waals surface area contributed by atoms with Crippen molar-refractivity contribution in [3.63, 3.8) is 0 Å². The topological polar surface area (TPSA) is 62.4 Å². The number of morpholine rings is 1. The molecule has 0 bridgehead atoms. The number of benzene rings is 1. The number of likely N-dealkylation sites (N-methyl/N-ethyl adjacent to an activating group) is 2. The van der Waals surface area contributed by atoms with E-state index < -0.39 is 0 Å². The van der Waals surface area contributed by atoms with Crippen LogP contribution in [0.3, 0.4) is 0 Å². The zero-order chi connectivity index (χ0) is 16.6. The Morgan fingerprint density at radius 2 is 1.82 bits per heavy atom. The van der Waals surface area contributed by atoms with Crippen LogP contribution in [0.2, 0.25) is 5.02 Å². The SMILES string of the molecule is C1COCCN1.C=O.CNCC(CNC)c1cccc(Cl)c1. The van der Waals surface area contributed by atoms with Gasteiger partial charge in [0.05, 0.1) is 13.2 Å². The first kappa shape index (κ1) is 21.0. The van der Waals surface area contributed by atoms with Crippen LogP contribution in [0.5, 0.6) is 0 Å². The van der Waals surface area contributed by atoms with Gasteiger partial charge in [-0.3, -0.25) is 0 Å². The normalized spacial score (nSPS) is 13.6. The molecule has 0 spiro atoms. The standard InChI is InChI=1S/C11H17ClN2.C4H9NO.CH2O/c1-13-7-10(8-14-2)9-4-3-5-11(12)6-9;1-3-6-4-2-5-1;1-2/h3-6,10,13-14H,7-8H2,1-2H3;5H,1-4H2;1H2. The van der Waals surface area contributed by atoms with Gasteiger partial charge in [0.25, 0.3) is 0 Å². The second kappa shape index (κ2) is 14.9. The summed E-state index contributed by atoms with van der Waals surface area (Å²) in [6.45, 7) is 7.75. The summed E-state index contributed by atoms with van der Waals surface area (Å²) in [5.74, 6) is 0.476. The Kier molecular flexibility index (Phi) is 14.3. The summed E-state index contributed by atoms with van der Waals surface area (Å²) < 4.78 is 5.01. The molecule has 1 heterocycles. The lowest BCUT2D eigenvalue weighted by atomic mass is 9.99. The number of ether oxygens (including phenoxy) is 1. The Balaban J connectivity index is 0.000000457. The molecule has 0 atom stereocenters. The molecular formula is C16H28ClN3O2. The minimum atomic E-state index is 0.476. The molecule has 1 fully saturated rings. The Hall–Kier alpha value is -0.980. The van der Waals surface area contributed by atoms with Crippen LogP contribution in [0.4, 0.5) is 0 Å². The average Bonchev–Trinajstić information content (AvgIpc) is 2.59. The summed E-state index contributed by atoms with van der Waals surface area (Å²) in [7, 11) is 3.93. The molecule has 3 N–H and O–H groups in total. The molecule has 1 saturated heterocycles. The van der Waals surface area contributed by atoms with E-state index in [0.29, 0.717) is 5.92 Å². The van der Waals surface area contributed by atoms with Gasteiger partial charge in [-0.1, -0.05) is 23.7 Å². The van der Waals surface area contributed by atoms with Crippen molar-refractivity contribution in [1.29, 1.82) is 0 Å². The third kappa shape index (κ3) is 9.87. The Bertz CT molecular complexity index is 359. The third-order valence-electron chi connectivity index (χ3n) is 3.07. The fourth-order valence-corrected chi connectivity index (χ4v) is 2.28. The Labute approximate surface area is 138 Å². The van der Waals surface area contributed by atoms with Crippen molar-refractivity contribution in [3.8, 4) is 0 Å². The second-order valence-corrected chi connectivity index (χ2v) is 5.17. The molecule has 0 unspecified atom stereocenters. The van der Waals surface area contributed by atoms with E-state index in [4.69, 9.17) is 21.1 Å². The maximum atomic E-state index is 8.00. The van der Waals surface area contributed by atoms with Gasteiger partial charge in [0.1, 0.15) is 6.79 Å². The quantitative estimate of drug-likeness (QED) is 0.759. The molecule has 126 valence electrons. The van der Waals surface area contributed by atoms with E-state index in [1.807, 2.05) is 39.1 Å². The van der Waals surface area contributed by atoms with Gasteiger partial charge in [0.15, 0.2) is 0 Å². The summed E-state index contributed by atoms with van der Waals surface area (Å²) in [6.07, 6.45) is 0. The molecule has 1 aromatic rings. The predicted octanol–water partition coefficient (Wildman–Crippen LogP) is 1.28. The molecule has 1 aliphatic heterocycles. The second-order valence-electron chi connectivity index (χ2n) is 4.73. The van der Waals surface area contributed by atoms with Gasteiger partial charge in [-0.05, 0) is 31.8 Å². The van der Waals surface area contributed by atoms with E-state index in [1.54, 1.807) is 0 Å². The van der Waals surface area contributed by atoms with E-state index in [0.717, 1.165) is 44.4 Å². The van der Waals surface area contributed by atoms with Crippen LogP contribution in [0.1, 0.15) is 11.5 Å². The zero-order valence-corrected chi connectivity index (χ0v) is 14.3. The van der Waals surface area contributed by atoms with Crippen molar-refractivity contribution < 1.29 is 9.53 Å². The minimum Gasteiger partial charge on any atom is -0.379 e. The fourth-order valence-electron chi connectivity index (χ4n) is 2.08. The number of hydrogen-bond acceptors (Lipinski definition) is 5. The molecule has 22 heavy (non-hydrogen) atoms. The lowest BCUT2D eigenvalue weighted by Crippen LogP contribution is -2.30. The number of hydrogen-bond donors (Lipinski definition) is 3. The molecule has 6 heteroatoms. The summed E-state index contributed by atoms with van der Waals surface area (Å²) >= 11 is 5.95. The Morgan fingerprint density at radius 3 is 2.18 bits per heavy atom. The molecule has 0 amide bonds. The lowest BCUT2D eigenvalue weighted by Gasteiger charge is -2.16. The van der Waals surface area contributed by atoms with Gasteiger partial charge in [-0.25, -0.2) is 0 Å². The van der Waals surface area contributed by atoms with Crippen LogP contribution in [0, 0.1) is 0 Å². The summed E-state index contributed by atoms with van der Waals surface area (Å²) in [6, 6.07) is 8.04. The van der Waals surface area contributed by atoms with Crippen molar-refractivity contribution in [2.75, 3.05) is 53.5 Å². The van der Waals surface area contributed by atoms with Gasteiger partial charge < -0.3 is 25.5 Å². The van der Waals surface area contributed by atoms with Gasteiger partial charge in [0.2, 0.25) is 0 Å². The average molecular weight is 330 g/mol. The maximum Gasteiger partial charge on any atom is 0.106 e. The highest BCUT2D eigenvalue weighted by Gasteiger charge is 2.09. The molecule has 1 aliphatic rings. The highest BCUT2D eigenvalue weighted by Crippen LogP contribution is 2.18. The van der Waals surface area contributed by atoms with Crippen molar-refractivity contribution in [2.45, 2.75) is 5.92 Å². The monoisotopic (exact) mass is 329 g/mol. The van der Waals surface area contributed by atoms with Gasteiger partial charge in [-0.15, -0.1) is 0 Å². The maximum absolute atomic E-state index is 8.00. The molecular weight excluding hydrogens is 302 g/mol. The molecule has 1 aromatic carbocycles. The fraction of sp³-hybridized carbons (Fsp3) is 0.562. The molecule has 2 rings (SSSR count). The predicted molar refractivity (Wildman–Crippen MR) is 92.9 cm³/mol. The van der Waals surface area contributed by atoms with Gasteiger partial charge >= 0.3 is 0 Å². The van der Waals surface area contributed by atoms with E-state index in [-0.39, 0.29) is 0 Å². The summed E-state index contributed by atoms with van der Waals surface area (Å²) in [5, 5.41) is 10.3. The van der Waals surface area contributed by atoms with Crippen LogP contribution in [-0.2, 0) is 9.53 Å². The molecule has 0 radical (unpaired) electrons. The van der Waals surface area contributed by atoms with E-state index in [9.17, 15) is 0 Å². The summed E-state index contributed by atoms with van der Waals surface area (Å²) in [5.41, 5.74) is 1.28. The van der Waals surface area contributed by atoms with Crippen LogP contribution < -0.4 is 16.0 Å². The molecule has 0 saturated carbocycles. The highest BCUT2D eigenvalue weighted by molar-refractivity contribution is 6.30. The number of carbonyl (C=O) groups excluding carboxylic acids is 1. The largest absolute Gasteiger partial charge is 0.379 e. The first-order chi connectivity index (χ1) is 10.8. The smallest absolute Gasteiger partial charge is 0.106 e. The zero-order valence-electron chi connectivity index (χ0n) is 13.5. The molecule has 0 aliphatic carbocycles. The highest BCUT2D eigenvalue weighted by atomic mass is 35.5. The van der Waals surface area contributed by atoms with Crippen LogP contribution in [-0.4, -0.2) is 60.3 Å². The summed E-state index contributed by atoms with van der Waals surface area (Å²) in [4.78, 5) is 8.00. The van der Waals surface area contributed by atoms with Crippen molar-refractivity contribution >= 4 is 18.4 Å². The van der Waals surface area contributed by atoms with Crippen LogP contribution in [0.15, 0.2) is 24.3 Å². The van der Waals surface area contributed by atoms with Crippen LogP contribution in [0.25, 0.3) is 0 Å². The van der Waals surface area contributed by atoms with E-state index >= 15 is 0 Å². The number of rotatable bonds is 5. The van der Waals surface area contributed by atoms with Crippen molar-refractivity contribution in [2.24, 2.45) is 0 Å². The third-order valence-corrected chi connectivity index (χ3v) is 3.30. The van der Waals surface area contributed by atoms with E-state index in [1.165, 1.54) is 5.56 Å².